The summed E-state index contributed by atoms with van der Waals surface area (Å²) in [5, 5.41) is 21.3. The lowest BCUT2D eigenvalue weighted by Gasteiger charge is -2.27. The van der Waals surface area contributed by atoms with Gasteiger partial charge in [0.15, 0.2) is 0 Å². The molecule has 1 aliphatic rings. The van der Waals surface area contributed by atoms with Gasteiger partial charge in [-0.05, 0) is 80.9 Å². The van der Waals surface area contributed by atoms with E-state index in [0.29, 0.717) is 29.8 Å². The molecule has 0 bridgehead atoms. The normalized spacial score (nSPS) is 17.2. The lowest BCUT2D eigenvalue weighted by molar-refractivity contribution is -0.140. The van der Waals surface area contributed by atoms with Gasteiger partial charge in [0, 0.05) is 12.1 Å². The first kappa shape index (κ1) is 27.3. The Balaban J connectivity index is 1.91. The molecule has 3 rings (SSSR count). The number of aliphatic hydroxyl groups excluding tert-OH is 1. The quantitative estimate of drug-likeness (QED) is 0.228. The topological polar surface area (TPSA) is 90.3 Å². The fourth-order valence-electron chi connectivity index (χ4n) is 4.62. The summed E-state index contributed by atoms with van der Waals surface area (Å²) in [7, 11) is 1.55. The highest BCUT2D eigenvalue weighted by Crippen LogP contribution is 2.40. The van der Waals surface area contributed by atoms with Crippen LogP contribution in [0.25, 0.3) is 5.76 Å². The molecule has 0 saturated carbocycles. The number of unbranched alkanes of at least 4 members (excludes halogenated alkanes) is 2. The molecule has 0 aromatic heterocycles. The molecular weight excluding hydrogens is 456 g/mol. The highest BCUT2D eigenvalue weighted by molar-refractivity contribution is 6.46. The van der Waals surface area contributed by atoms with Crippen LogP contribution in [0.2, 0.25) is 0 Å². The lowest BCUT2D eigenvalue weighted by Crippen LogP contribution is -2.34. The number of Topliss-reactive ketones (excluding diaryl/α,β-unsaturated/α-hetero) is 1. The molecule has 1 atom stereocenters. The maximum Gasteiger partial charge on any atom is 0.295 e. The van der Waals surface area contributed by atoms with Gasteiger partial charge in [-0.2, -0.15) is 0 Å². The molecule has 2 aromatic carbocycles. The van der Waals surface area contributed by atoms with Crippen LogP contribution in [0.3, 0.4) is 0 Å². The van der Waals surface area contributed by atoms with Crippen molar-refractivity contribution in [2.24, 2.45) is 0 Å². The van der Waals surface area contributed by atoms with Crippen molar-refractivity contribution in [3.8, 4) is 11.5 Å². The van der Waals surface area contributed by atoms with Crippen molar-refractivity contribution in [1.82, 2.24) is 9.80 Å². The number of ether oxygens (including phenoxy) is 1. The molecule has 1 unspecified atom stereocenters. The van der Waals surface area contributed by atoms with Gasteiger partial charge in [-0.1, -0.05) is 38.8 Å². The summed E-state index contributed by atoms with van der Waals surface area (Å²) < 4.78 is 5.19. The monoisotopic (exact) mass is 494 g/mol. The lowest BCUT2D eigenvalue weighted by atomic mass is 9.95. The second-order valence-electron chi connectivity index (χ2n) is 9.22. The van der Waals surface area contributed by atoms with Crippen molar-refractivity contribution >= 4 is 17.4 Å². The summed E-state index contributed by atoms with van der Waals surface area (Å²) in [4.78, 5) is 30.3. The van der Waals surface area contributed by atoms with Crippen LogP contribution in [0.5, 0.6) is 11.5 Å². The van der Waals surface area contributed by atoms with Crippen LogP contribution < -0.4 is 4.74 Å². The summed E-state index contributed by atoms with van der Waals surface area (Å²) in [5.74, 6) is -0.933. The summed E-state index contributed by atoms with van der Waals surface area (Å²) in [6.45, 7) is 7.59. The molecule has 1 heterocycles. The van der Waals surface area contributed by atoms with Gasteiger partial charge in [0.05, 0.1) is 18.7 Å². The van der Waals surface area contributed by atoms with Crippen molar-refractivity contribution in [3.05, 3.63) is 65.2 Å². The number of methoxy groups -OCH3 is 1. The molecule has 1 saturated heterocycles. The molecule has 2 aromatic rings. The number of carbonyl (C=O) groups is 2. The second kappa shape index (κ2) is 13.1. The number of carbonyl (C=O) groups excluding carboxylic acids is 2. The maximum absolute atomic E-state index is 13.2. The van der Waals surface area contributed by atoms with E-state index in [1.165, 1.54) is 4.90 Å². The molecule has 0 aliphatic carbocycles. The number of benzene rings is 2. The summed E-state index contributed by atoms with van der Waals surface area (Å²) in [6.07, 6.45) is 5.21. The van der Waals surface area contributed by atoms with E-state index in [4.69, 9.17) is 4.74 Å². The smallest absolute Gasteiger partial charge is 0.295 e. The number of amides is 1. The molecule has 7 heteroatoms. The van der Waals surface area contributed by atoms with E-state index in [1.54, 1.807) is 55.6 Å². The number of ketones is 1. The first-order valence-corrected chi connectivity index (χ1v) is 12.8. The van der Waals surface area contributed by atoms with E-state index in [1.807, 2.05) is 0 Å². The van der Waals surface area contributed by atoms with E-state index in [2.05, 4.69) is 18.7 Å². The van der Waals surface area contributed by atoms with Gasteiger partial charge in [-0.15, -0.1) is 0 Å². The van der Waals surface area contributed by atoms with Gasteiger partial charge in [0.1, 0.15) is 17.3 Å². The number of hydrogen-bond donors (Lipinski definition) is 2. The van der Waals surface area contributed by atoms with Crippen molar-refractivity contribution in [1.29, 1.82) is 0 Å². The van der Waals surface area contributed by atoms with Crippen LogP contribution >= 0.6 is 0 Å². The largest absolute Gasteiger partial charge is 0.508 e. The van der Waals surface area contributed by atoms with E-state index < -0.39 is 17.7 Å². The third kappa shape index (κ3) is 6.46. The van der Waals surface area contributed by atoms with Gasteiger partial charge >= 0.3 is 0 Å². The van der Waals surface area contributed by atoms with Crippen LogP contribution in [0.15, 0.2) is 54.1 Å². The number of aliphatic hydroxyl groups is 1. The average Bonchev–Trinajstić information content (AvgIpc) is 3.14. The zero-order chi connectivity index (χ0) is 26.1. The highest BCUT2D eigenvalue weighted by atomic mass is 16.5. The number of phenolic OH excluding ortho intramolecular Hbond substituents is 1. The molecule has 36 heavy (non-hydrogen) atoms. The second-order valence-corrected chi connectivity index (χ2v) is 9.22. The molecule has 0 spiro atoms. The Morgan fingerprint density at radius 3 is 2.19 bits per heavy atom. The van der Waals surface area contributed by atoms with Crippen LogP contribution in [0, 0.1) is 0 Å². The van der Waals surface area contributed by atoms with Gasteiger partial charge < -0.3 is 24.7 Å². The molecule has 0 radical (unpaired) electrons. The number of nitrogens with zero attached hydrogens (tertiary/aromatic N) is 2. The minimum absolute atomic E-state index is 0.0320. The van der Waals surface area contributed by atoms with Crippen LogP contribution in [-0.2, 0) is 9.59 Å². The van der Waals surface area contributed by atoms with E-state index in [9.17, 15) is 19.8 Å². The first-order chi connectivity index (χ1) is 17.4. The average molecular weight is 495 g/mol. The van der Waals surface area contributed by atoms with Gasteiger partial charge in [-0.25, -0.2) is 0 Å². The van der Waals surface area contributed by atoms with Crippen molar-refractivity contribution in [2.75, 3.05) is 33.3 Å². The molecule has 2 N–H and O–H groups in total. The summed E-state index contributed by atoms with van der Waals surface area (Å²) in [5.41, 5.74) is 1.03. The van der Waals surface area contributed by atoms with Gasteiger partial charge in [0.2, 0.25) is 0 Å². The van der Waals surface area contributed by atoms with Crippen molar-refractivity contribution in [2.45, 2.75) is 52.0 Å². The Morgan fingerprint density at radius 2 is 1.61 bits per heavy atom. The Bertz CT molecular complexity index is 1060. The maximum atomic E-state index is 13.2. The Kier molecular flexibility index (Phi) is 9.94. The SMILES string of the molecule is CCCCN(CCCC)CCCN1C(=O)C(=O)C(=C(O)c2ccc(OC)cc2)C1c1cccc(O)c1. The Morgan fingerprint density at radius 1 is 0.972 bits per heavy atom. The van der Waals surface area contributed by atoms with E-state index in [-0.39, 0.29) is 17.1 Å². The van der Waals surface area contributed by atoms with Crippen LogP contribution in [0.1, 0.15) is 63.1 Å². The summed E-state index contributed by atoms with van der Waals surface area (Å²) >= 11 is 0. The van der Waals surface area contributed by atoms with E-state index >= 15 is 0 Å². The molecule has 7 nitrogen and oxygen atoms in total. The van der Waals surface area contributed by atoms with Crippen molar-refractivity contribution < 1.29 is 24.5 Å². The Hall–Kier alpha value is -3.32. The fraction of sp³-hybridized carbons (Fsp3) is 0.448. The zero-order valence-electron chi connectivity index (χ0n) is 21.6. The number of aromatic hydroxyl groups is 1. The van der Waals surface area contributed by atoms with Crippen LogP contribution in [0.4, 0.5) is 0 Å². The number of hydrogen-bond acceptors (Lipinski definition) is 6. The number of phenols is 1. The third-order valence-electron chi connectivity index (χ3n) is 6.62. The summed E-state index contributed by atoms with van der Waals surface area (Å²) in [6, 6.07) is 12.4. The van der Waals surface area contributed by atoms with Crippen LogP contribution in [-0.4, -0.2) is 65.0 Å². The van der Waals surface area contributed by atoms with Gasteiger partial charge in [-0.3, -0.25) is 9.59 Å². The van der Waals surface area contributed by atoms with Crippen molar-refractivity contribution in [3.63, 3.8) is 0 Å². The standard InChI is InChI=1S/C29H38N2O5/c1-4-6-16-30(17-7-5-2)18-9-19-31-26(22-10-8-11-23(32)20-22)25(28(34)29(31)35)27(33)21-12-14-24(36-3)15-13-21/h8,10-15,20,26,32-33H,4-7,9,16-19H2,1-3H3. The first-order valence-electron chi connectivity index (χ1n) is 12.8. The number of rotatable bonds is 13. The molecule has 1 amide bonds. The van der Waals surface area contributed by atoms with Gasteiger partial charge in [0.25, 0.3) is 11.7 Å². The third-order valence-corrected chi connectivity index (χ3v) is 6.62. The number of likely N-dealkylation sites (tertiary alicyclic amines) is 1. The highest BCUT2D eigenvalue weighted by Gasteiger charge is 2.45. The minimum atomic E-state index is -0.779. The minimum Gasteiger partial charge on any atom is -0.508 e. The van der Waals surface area contributed by atoms with E-state index in [0.717, 1.165) is 45.3 Å². The predicted octanol–water partition coefficient (Wildman–Crippen LogP) is 5.11. The predicted molar refractivity (Wildman–Crippen MR) is 141 cm³/mol. The molecule has 1 aliphatic heterocycles. The molecular formula is C29H38N2O5. The molecule has 194 valence electrons. The zero-order valence-corrected chi connectivity index (χ0v) is 21.6. The molecule has 1 fully saturated rings. The Labute approximate surface area is 214 Å². The fourth-order valence-corrected chi connectivity index (χ4v) is 4.62.